The van der Waals surface area contributed by atoms with Gasteiger partial charge >= 0.3 is 5.97 Å². The van der Waals surface area contributed by atoms with E-state index < -0.39 is 23.7 Å². The minimum Gasteiger partial charge on any atom is -0.467 e. The molecule has 13 heavy (non-hydrogen) atoms. The molecule has 6 heteroatoms. The van der Waals surface area contributed by atoms with Crippen molar-refractivity contribution >= 4 is 17.7 Å². The van der Waals surface area contributed by atoms with Crippen molar-refractivity contribution in [3.8, 4) is 0 Å². The Morgan fingerprint density at radius 1 is 1.23 bits per heavy atom. The zero-order valence-corrected chi connectivity index (χ0v) is 9.05. The van der Waals surface area contributed by atoms with E-state index in [0.717, 1.165) is 7.11 Å². The van der Waals surface area contributed by atoms with Gasteiger partial charge in [-0.05, 0) is 6.92 Å². The molecule has 0 rings (SSSR count). The zero-order chi connectivity index (χ0) is 9.72. The van der Waals surface area contributed by atoms with Gasteiger partial charge < -0.3 is 10.1 Å². The van der Waals surface area contributed by atoms with Crippen LogP contribution in [0.25, 0.3) is 0 Å². The number of amides is 1. The van der Waals surface area contributed by atoms with Crippen LogP contribution < -0.4 is 5.32 Å². The molecule has 1 radical (unpaired) electrons. The van der Waals surface area contributed by atoms with E-state index in [0.29, 0.717) is 0 Å². The smallest absolute Gasteiger partial charge is 0.336 e. The molecule has 1 amide bonds. The minimum absolute atomic E-state index is 0. The van der Waals surface area contributed by atoms with Crippen molar-refractivity contribution in [1.82, 2.24) is 5.32 Å². The molecule has 0 aromatic rings. The van der Waals surface area contributed by atoms with Crippen LogP contribution in [0.4, 0.5) is 0 Å². The molecule has 0 aliphatic rings. The molecule has 0 saturated heterocycles. The molecule has 0 saturated carbocycles. The summed E-state index contributed by atoms with van der Waals surface area (Å²) in [6.07, 6.45) is 0. The van der Waals surface area contributed by atoms with Crippen LogP contribution in [0.2, 0.25) is 0 Å². The Morgan fingerprint density at radius 3 is 1.92 bits per heavy atom. The summed E-state index contributed by atoms with van der Waals surface area (Å²) in [5.41, 5.74) is 0. The number of methoxy groups -OCH3 is 1. The van der Waals surface area contributed by atoms with Gasteiger partial charge in [0.05, 0.1) is 7.11 Å². The molecule has 0 aromatic heterocycles. The van der Waals surface area contributed by atoms with Crippen LogP contribution in [0.5, 0.6) is 0 Å². The summed E-state index contributed by atoms with van der Waals surface area (Å²) in [5, 5.41) is 2.17. The number of hydrogen-bond donors (Lipinski definition) is 1. The normalized spacial score (nSPS) is 10.7. The van der Waals surface area contributed by atoms with Gasteiger partial charge in [-0.3, -0.25) is 9.59 Å². The molecule has 73 valence electrons. The summed E-state index contributed by atoms with van der Waals surface area (Å²) in [7, 11) is 1.15. The summed E-state index contributed by atoms with van der Waals surface area (Å²) in [6, 6.07) is -1.17. The number of ether oxygens (including phenoxy) is 1. The first kappa shape index (κ1) is 14.7. The Balaban J connectivity index is 0. The van der Waals surface area contributed by atoms with Crippen molar-refractivity contribution in [2.45, 2.75) is 19.9 Å². The second-order valence-electron chi connectivity index (χ2n) is 2.27. The number of nitrogens with one attached hydrogen (secondary N) is 1. The second-order valence-corrected chi connectivity index (χ2v) is 2.27. The van der Waals surface area contributed by atoms with Crippen LogP contribution in [0.1, 0.15) is 13.8 Å². The fourth-order valence-electron chi connectivity index (χ4n) is 0.648. The average molecular weight is 224 g/mol. The van der Waals surface area contributed by atoms with Gasteiger partial charge in [0.2, 0.25) is 5.91 Å². The molecule has 1 atom stereocenters. The Kier molecular flexibility index (Phi) is 7.56. The van der Waals surface area contributed by atoms with Crippen molar-refractivity contribution in [3.63, 3.8) is 0 Å². The van der Waals surface area contributed by atoms with E-state index in [1.54, 1.807) is 0 Å². The molecular formula is C7H11NO4V. The molecule has 5 nitrogen and oxygen atoms in total. The summed E-state index contributed by atoms with van der Waals surface area (Å²) in [4.78, 5) is 32.1. The first-order chi connectivity index (χ1) is 5.49. The van der Waals surface area contributed by atoms with Crippen molar-refractivity contribution in [2.24, 2.45) is 0 Å². The van der Waals surface area contributed by atoms with E-state index in [2.05, 4.69) is 10.1 Å². The van der Waals surface area contributed by atoms with Crippen molar-refractivity contribution in [2.75, 3.05) is 7.11 Å². The first-order valence-corrected chi connectivity index (χ1v) is 3.34. The Hall–Kier alpha value is -0.806. The third-order valence-electron chi connectivity index (χ3n) is 1.19. The molecular weight excluding hydrogens is 213 g/mol. The van der Waals surface area contributed by atoms with Gasteiger partial charge in [0.1, 0.15) is 0 Å². The number of carbonyl (C=O) groups excluding carboxylic acids is 3. The van der Waals surface area contributed by atoms with Gasteiger partial charge in [0.25, 0.3) is 0 Å². The van der Waals surface area contributed by atoms with E-state index in [1.165, 1.54) is 13.8 Å². The van der Waals surface area contributed by atoms with Crippen LogP contribution in [-0.4, -0.2) is 30.8 Å². The first-order valence-electron chi connectivity index (χ1n) is 3.34. The Labute approximate surface area is 88.1 Å². The molecule has 0 aliphatic heterocycles. The molecule has 0 spiro atoms. The fraction of sp³-hybridized carbons (Fsp3) is 0.571. The third-order valence-corrected chi connectivity index (χ3v) is 1.19. The average Bonchev–Trinajstić information content (AvgIpc) is 1.98. The Morgan fingerprint density at radius 2 is 1.69 bits per heavy atom. The van der Waals surface area contributed by atoms with Crippen molar-refractivity contribution in [3.05, 3.63) is 0 Å². The monoisotopic (exact) mass is 224 g/mol. The van der Waals surface area contributed by atoms with Crippen molar-refractivity contribution < 1.29 is 37.7 Å². The number of Topliss-reactive ketones (excluding diaryl/α,β-unsaturated/α-hetero) is 1. The standard InChI is InChI=1S/C7H11NO4.V/c1-4(9)6(7(11)12-3)8-5(2)10;/h6H,1-3H3,(H,8,10);. The summed E-state index contributed by atoms with van der Waals surface area (Å²) in [6.45, 7) is 2.43. The molecule has 0 aromatic carbocycles. The van der Waals surface area contributed by atoms with Gasteiger partial charge in [-0.25, -0.2) is 4.79 Å². The van der Waals surface area contributed by atoms with Gasteiger partial charge in [-0.1, -0.05) is 0 Å². The molecule has 0 heterocycles. The SMILES string of the molecule is COC(=O)C(NC(C)=O)C(C)=O.[V]. The van der Waals surface area contributed by atoms with Gasteiger partial charge in [0.15, 0.2) is 11.8 Å². The maximum atomic E-state index is 10.8. The predicted octanol–water partition coefficient (Wildman–Crippen LogP) is -0.749. The quantitative estimate of drug-likeness (QED) is 0.505. The number of hydrogen-bond acceptors (Lipinski definition) is 4. The van der Waals surface area contributed by atoms with Gasteiger partial charge in [-0.2, -0.15) is 0 Å². The summed E-state index contributed by atoms with van der Waals surface area (Å²) < 4.78 is 4.30. The largest absolute Gasteiger partial charge is 0.467 e. The molecule has 1 unspecified atom stereocenters. The maximum Gasteiger partial charge on any atom is 0.336 e. The summed E-state index contributed by atoms with van der Waals surface area (Å²) in [5.74, 6) is -1.64. The molecule has 0 fully saturated rings. The summed E-state index contributed by atoms with van der Waals surface area (Å²) >= 11 is 0. The van der Waals surface area contributed by atoms with E-state index in [9.17, 15) is 14.4 Å². The van der Waals surface area contributed by atoms with E-state index in [-0.39, 0.29) is 18.6 Å². The van der Waals surface area contributed by atoms with Crippen LogP contribution in [0, 0.1) is 0 Å². The third kappa shape index (κ3) is 5.44. The van der Waals surface area contributed by atoms with Crippen molar-refractivity contribution in [1.29, 1.82) is 0 Å². The second kappa shape index (κ2) is 6.68. The van der Waals surface area contributed by atoms with E-state index in [4.69, 9.17) is 0 Å². The maximum absolute atomic E-state index is 10.8. The van der Waals surface area contributed by atoms with Crippen LogP contribution in [0.15, 0.2) is 0 Å². The Bertz CT molecular complexity index is 217. The van der Waals surface area contributed by atoms with E-state index in [1.807, 2.05) is 0 Å². The van der Waals surface area contributed by atoms with Crippen LogP contribution in [-0.2, 0) is 37.7 Å². The minimum atomic E-state index is -1.17. The van der Waals surface area contributed by atoms with Gasteiger partial charge in [-0.15, -0.1) is 0 Å². The molecule has 0 bridgehead atoms. The van der Waals surface area contributed by atoms with Crippen LogP contribution >= 0.6 is 0 Å². The van der Waals surface area contributed by atoms with Gasteiger partial charge in [0, 0.05) is 25.5 Å². The zero-order valence-electron chi connectivity index (χ0n) is 7.66. The van der Waals surface area contributed by atoms with Crippen LogP contribution in [0.3, 0.4) is 0 Å². The van der Waals surface area contributed by atoms with E-state index >= 15 is 0 Å². The predicted molar refractivity (Wildman–Crippen MR) is 40.3 cm³/mol. The number of carbonyl (C=O) groups is 3. The topological polar surface area (TPSA) is 72.5 Å². The number of ketones is 1. The number of rotatable bonds is 3. The fourth-order valence-corrected chi connectivity index (χ4v) is 0.648. The molecule has 0 aliphatic carbocycles. The number of esters is 1. The molecule has 1 N–H and O–H groups in total.